The van der Waals surface area contributed by atoms with Gasteiger partial charge in [0.05, 0.1) is 16.2 Å². The number of para-hydroxylation sites is 1. The number of halogens is 1. The molecule has 6 rings (SSSR count). The molecule has 6 aromatic rings. The van der Waals surface area contributed by atoms with Gasteiger partial charge in [-0.3, -0.25) is 24.5 Å². The van der Waals surface area contributed by atoms with Crippen molar-refractivity contribution >= 4 is 63.4 Å². The van der Waals surface area contributed by atoms with Crippen LogP contribution in [-0.4, -0.2) is 27.6 Å². The van der Waals surface area contributed by atoms with E-state index in [1.807, 2.05) is 30.3 Å². The van der Waals surface area contributed by atoms with Gasteiger partial charge in [-0.15, -0.1) is 23.1 Å². The molecule has 0 aliphatic rings. The highest BCUT2D eigenvalue weighted by Gasteiger charge is 2.24. The van der Waals surface area contributed by atoms with Gasteiger partial charge in [0.25, 0.3) is 17.5 Å². The molecule has 1 atom stereocenters. The average molecular weight is 730 g/mol. The molecule has 0 spiro atoms. The number of carbonyl (C=O) groups is 3. The van der Waals surface area contributed by atoms with Gasteiger partial charge in [-0.25, -0.2) is 9.37 Å². The summed E-state index contributed by atoms with van der Waals surface area (Å²) in [5.41, 5.74) is 2.47. The van der Waals surface area contributed by atoms with E-state index in [1.165, 1.54) is 59.5 Å². The van der Waals surface area contributed by atoms with E-state index in [-0.39, 0.29) is 28.7 Å². The van der Waals surface area contributed by atoms with Crippen LogP contribution in [-0.2, 0) is 9.59 Å². The van der Waals surface area contributed by atoms with Crippen molar-refractivity contribution in [1.29, 1.82) is 0 Å². The Kier molecular flexibility index (Phi) is 11.2. The Morgan fingerprint density at radius 3 is 2.15 bits per heavy atom. The largest absolute Gasteiger partial charge is 0.321 e. The van der Waals surface area contributed by atoms with E-state index in [2.05, 4.69) is 20.9 Å². The van der Waals surface area contributed by atoms with Crippen LogP contribution in [0, 0.1) is 15.9 Å². The van der Waals surface area contributed by atoms with Gasteiger partial charge in [0, 0.05) is 33.2 Å². The summed E-state index contributed by atoms with van der Waals surface area (Å²) >= 11 is 2.56. The number of rotatable bonds is 12. The molecule has 3 N–H and O–H groups in total. The standard InChI is InChI=1S/C39H28FN5O5S2/c40-29-17-15-25(16-18-29)33-24-51-39(43-33)44-38(48)35(26-9-3-1-4-10-26)52-31-21-19-30(20-22-31)41-37(47)32(42-36(46)27-11-5-2-6-12-27)23-28-13-7-8-14-34(28)45(49)50/h1-24,35H,(H,41,47)(H,42,46)(H,43,44,48)/b32-23-. The maximum Gasteiger partial charge on any atom is 0.276 e. The highest BCUT2D eigenvalue weighted by atomic mass is 32.2. The smallest absolute Gasteiger partial charge is 0.276 e. The van der Waals surface area contributed by atoms with E-state index in [9.17, 15) is 28.9 Å². The van der Waals surface area contributed by atoms with Crippen molar-refractivity contribution in [3.63, 3.8) is 0 Å². The second-order valence-electron chi connectivity index (χ2n) is 11.1. The zero-order valence-electron chi connectivity index (χ0n) is 27.1. The second-order valence-corrected chi connectivity index (χ2v) is 13.2. The first-order chi connectivity index (χ1) is 25.2. The lowest BCUT2D eigenvalue weighted by Gasteiger charge is -2.17. The predicted octanol–water partition coefficient (Wildman–Crippen LogP) is 8.74. The van der Waals surface area contributed by atoms with Crippen molar-refractivity contribution in [2.45, 2.75) is 10.1 Å². The molecule has 0 saturated carbocycles. The lowest BCUT2D eigenvalue weighted by Crippen LogP contribution is -2.30. The number of thiazole rings is 1. The monoisotopic (exact) mass is 729 g/mol. The first kappa shape index (κ1) is 35.4. The van der Waals surface area contributed by atoms with E-state index < -0.39 is 22.0 Å². The first-order valence-corrected chi connectivity index (χ1v) is 17.5. The van der Waals surface area contributed by atoms with Gasteiger partial charge in [-0.1, -0.05) is 60.7 Å². The van der Waals surface area contributed by atoms with Crippen LogP contribution >= 0.6 is 23.1 Å². The summed E-state index contributed by atoms with van der Waals surface area (Å²) < 4.78 is 13.4. The number of hydrogen-bond donors (Lipinski definition) is 3. The number of nitro benzene ring substituents is 1. The molecule has 258 valence electrons. The number of nitro groups is 1. The summed E-state index contributed by atoms with van der Waals surface area (Å²) in [5, 5.41) is 21.4. The van der Waals surface area contributed by atoms with E-state index in [4.69, 9.17) is 0 Å². The predicted molar refractivity (Wildman–Crippen MR) is 201 cm³/mol. The Labute approximate surface area is 305 Å². The molecule has 0 aliphatic carbocycles. The number of nitrogens with one attached hydrogen (secondary N) is 3. The number of benzene rings is 5. The molecular weight excluding hydrogens is 702 g/mol. The number of carbonyl (C=O) groups excluding carboxylic acids is 3. The molecule has 0 aliphatic heterocycles. The average Bonchev–Trinajstić information content (AvgIpc) is 3.63. The summed E-state index contributed by atoms with van der Waals surface area (Å²) in [5.74, 6) is -1.92. The van der Waals surface area contributed by atoms with Gasteiger partial charge in [0.1, 0.15) is 16.8 Å². The lowest BCUT2D eigenvalue weighted by atomic mass is 10.1. The third-order valence-electron chi connectivity index (χ3n) is 7.54. The molecule has 1 heterocycles. The van der Waals surface area contributed by atoms with Crippen LogP contribution in [0.4, 0.5) is 20.9 Å². The van der Waals surface area contributed by atoms with Crippen LogP contribution in [0.3, 0.4) is 0 Å². The van der Waals surface area contributed by atoms with Crippen molar-refractivity contribution in [3.05, 3.63) is 177 Å². The fourth-order valence-corrected chi connectivity index (χ4v) is 6.73. The summed E-state index contributed by atoms with van der Waals surface area (Å²) in [6.07, 6.45) is 1.26. The van der Waals surface area contributed by atoms with Gasteiger partial charge in [-0.2, -0.15) is 0 Å². The summed E-state index contributed by atoms with van der Waals surface area (Å²) in [7, 11) is 0. The molecule has 1 unspecified atom stereocenters. The van der Waals surface area contributed by atoms with E-state index in [0.717, 1.165) is 16.0 Å². The molecule has 0 radical (unpaired) electrons. The van der Waals surface area contributed by atoms with Gasteiger partial charge in [-0.05, 0) is 78.4 Å². The molecule has 5 aromatic carbocycles. The SMILES string of the molecule is O=C(Nc1ccc(SC(C(=O)Nc2nc(-c3ccc(F)cc3)cs2)c2ccccc2)cc1)/C(=C/c1ccccc1[N+](=O)[O-])NC(=O)c1ccccc1. The fraction of sp³-hybridized carbons (Fsp3) is 0.0256. The maximum atomic E-state index is 13.6. The molecule has 0 saturated heterocycles. The first-order valence-electron chi connectivity index (χ1n) is 15.7. The zero-order chi connectivity index (χ0) is 36.5. The van der Waals surface area contributed by atoms with Crippen LogP contribution < -0.4 is 16.0 Å². The highest BCUT2D eigenvalue weighted by Crippen LogP contribution is 2.37. The second kappa shape index (κ2) is 16.5. The fourth-order valence-electron chi connectivity index (χ4n) is 4.98. The molecule has 1 aromatic heterocycles. The lowest BCUT2D eigenvalue weighted by molar-refractivity contribution is -0.385. The molecule has 52 heavy (non-hydrogen) atoms. The highest BCUT2D eigenvalue weighted by molar-refractivity contribution is 8.00. The molecular formula is C39H28FN5O5S2. The quantitative estimate of drug-likeness (QED) is 0.0495. The Morgan fingerprint density at radius 1 is 0.808 bits per heavy atom. The Hall–Kier alpha value is -6.44. The van der Waals surface area contributed by atoms with Gasteiger partial charge in [0.15, 0.2) is 5.13 Å². The Bertz CT molecular complexity index is 2250. The van der Waals surface area contributed by atoms with Crippen molar-refractivity contribution in [2.75, 3.05) is 10.6 Å². The topological polar surface area (TPSA) is 143 Å². The normalized spacial score (nSPS) is 11.7. The van der Waals surface area contributed by atoms with E-state index in [1.54, 1.807) is 78.2 Å². The van der Waals surface area contributed by atoms with Crippen molar-refractivity contribution in [3.8, 4) is 11.3 Å². The van der Waals surface area contributed by atoms with Crippen LogP contribution in [0.15, 0.2) is 149 Å². The molecule has 0 fully saturated rings. The van der Waals surface area contributed by atoms with Crippen LogP contribution in [0.1, 0.15) is 26.7 Å². The van der Waals surface area contributed by atoms with Crippen molar-refractivity contribution in [1.82, 2.24) is 10.3 Å². The number of nitrogens with zero attached hydrogens (tertiary/aromatic N) is 2. The minimum Gasteiger partial charge on any atom is -0.321 e. The number of aromatic nitrogens is 1. The van der Waals surface area contributed by atoms with Crippen LogP contribution in [0.25, 0.3) is 17.3 Å². The van der Waals surface area contributed by atoms with Gasteiger partial charge in [0.2, 0.25) is 5.91 Å². The summed E-state index contributed by atoms with van der Waals surface area (Å²) in [6, 6.07) is 36.1. The molecule has 10 nitrogen and oxygen atoms in total. The molecule has 3 amide bonds. The van der Waals surface area contributed by atoms with Crippen molar-refractivity contribution in [2.24, 2.45) is 0 Å². The van der Waals surface area contributed by atoms with Crippen LogP contribution in [0.5, 0.6) is 0 Å². The van der Waals surface area contributed by atoms with Crippen LogP contribution in [0.2, 0.25) is 0 Å². The number of thioether (sulfide) groups is 1. The van der Waals surface area contributed by atoms with E-state index in [0.29, 0.717) is 22.1 Å². The molecule has 13 heteroatoms. The third-order valence-corrected chi connectivity index (χ3v) is 9.57. The minimum absolute atomic E-state index is 0.132. The summed E-state index contributed by atoms with van der Waals surface area (Å²) in [6.45, 7) is 0. The zero-order valence-corrected chi connectivity index (χ0v) is 28.7. The maximum absolute atomic E-state index is 13.6. The van der Waals surface area contributed by atoms with Crippen molar-refractivity contribution < 1.29 is 23.7 Å². The van der Waals surface area contributed by atoms with Gasteiger partial charge < -0.3 is 16.0 Å². The number of anilines is 2. The number of amides is 3. The minimum atomic E-state index is -0.701. The Morgan fingerprint density at radius 2 is 1.46 bits per heavy atom. The summed E-state index contributed by atoms with van der Waals surface area (Å²) in [4.78, 5) is 56.5. The Balaban J connectivity index is 1.19. The third kappa shape index (κ3) is 9.01. The van der Waals surface area contributed by atoms with Gasteiger partial charge >= 0.3 is 0 Å². The number of hydrogen-bond acceptors (Lipinski definition) is 8. The molecule has 0 bridgehead atoms. The van der Waals surface area contributed by atoms with E-state index >= 15 is 0 Å².